The minimum atomic E-state index is -0.736. The van der Waals surface area contributed by atoms with Gasteiger partial charge in [0.15, 0.2) is 17.1 Å². The number of carbonyl (C=O) groups excluding carboxylic acids is 1. The van der Waals surface area contributed by atoms with E-state index in [-0.39, 0.29) is 40.3 Å². The molecule has 0 aliphatic heterocycles. The fraction of sp³-hybridized carbons (Fsp3) is 0.143. The molecule has 12 heteroatoms. The van der Waals surface area contributed by atoms with E-state index in [9.17, 15) is 19.7 Å². The summed E-state index contributed by atoms with van der Waals surface area (Å²) in [7, 11) is 1.35. The Balaban J connectivity index is 1.78. The van der Waals surface area contributed by atoms with Crippen molar-refractivity contribution in [2.24, 2.45) is 0 Å². The number of nitrogens with one attached hydrogen (secondary N) is 2. The number of carbonyl (C=O) groups is 1. The van der Waals surface area contributed by atoms with Gasteiger partial charge in [-0.05, 0) is 19.1 Å². The van der Waals surface area contributed by atoms with Crippen LogP contribution < -0.4 is 20.3 Å². The van der Waals surface area contributed by atoms with Crippen molar-refractivity contribution >= 4 is 28.3 Å². The number of rotatable bonds is 7. The summed E-state index contributed by atoms with van der Waals surface area (Å²) < 4.78 is 12.0. The number of nitro benzene ring substituents is 1. The number of aromatic nitrogens is 4. The van der Waals surface area contributed by atoms with Gasteiger partial charge in [0.25, 0.3) is 17.2 Å². The van der Waals surface area contributed by atoms with Crippen molar-refractivity contribution in [3.8, 4) is 17.2 Å². The number of ether oxygens (including phenoxy) is 2. The van der Waals surface area contributed by atoms with Crippen molar-refractivity contribution in [1.29, 1.82) is 0 Å². The maximum atomic E-state index is 13.1. The van der Waals surface area contributed by atoms with Gasteiger partial charge in [0.1, 0.15) is 10.9 Å². The Kier molecular flexibility index (Phi) is 5.72. The summed E-state index contributed by atoms with van der Waals surface area (Å²) in [6.07, 6.45) is 2.61. The molecule has 0 spiro atoms. The standard InChI is InChI=1S/C21H18N6O6/c1-3-33-18-8-12(16(27(30)31)9-17(18)32-2)21(29)25-14-6-4-5-7-15(14)26-19-13(10-24-26)20(28)23-11-22-19/h4-11H,3H2,1-2H3,(H,25,29)(H,22,23,28). The molecule has 4 aromatic rings. The van der Waals surface area contributed by atoms with Crippen LogP contribution in [0.15, 0.2) is 53.7 Å². The molecule has 12 nitrogen and oxygen atoms in total. The van der Waals surface area contributed by atoms with Crippen LogP contribution >= 0.6 is 0 Å². The summed E-state index contributed by atoms with van der Waals surface area (Å²) >= 11 is 0. The molecule has 0 atom stereocenters. The Morgan fingerprint density at radius 1 is 1.27 bits per heavy atom. The Hall–Kier alpha value is -4.74. The molecule has 1 amide bonds. The lowest BCUT2D eigenvalue weighted by atomic mass is 10.1. The minimum absolute atomic E-state index is 0.139. The lowest BCUT2D eigenvalue weighted by Crippen LogP contribution is -2.16. The lowest BCUT2D eigenvalue weighted by Gasteiger charge is -2.14. The Morgan fingerprint density at radius 2 is 2.06 bits per heavy atom. The van der Waals surface area contributed by atoms with Crippen molar-refractivity contribution in [2.75, 3.05) is 19.0 Å². The number of fused-ring (bicyclic) bond motifs is 1. The van der Waals surface area contributed by atoms with Crippen LogP contribution in [0.5, 0.6) is 11.5 Å². The largest absolute Gasteiger partial charge is 0.493 e. The highest BCUT2D eigenvalue weighted by atomic mass is 16.6. The van der Waals surface area contributed by atoms with Gasteiger partial charge in [-0.3, -0.25) is 19.7 Å². The highest BCUT2D eigenvalue weighted by Gasteiger charge is 2.25. The van der Waals surface area contributed by atoms with E-state index >= 15 is 0 Å². The van der Waals surface area contributed by atoms with Gasteiger partial charge in [0.2, 0.25) is 0 Å². The molecule has 0 unspecified atom stereocenters. The third-order valence-corrected chi connectivity index (χ3v) is 4.77. The van der Waals surface area contributed by atoms with Crippen LogP contribution in [0, 0.1) is 10.1 Å². The number of amides is 1. The number of hydrogen-bond acceptors (Lipinski definition) is 8. The molecule has 4 rings (SSSR count). The fourth-order valence-electron chi connectivity index (χ4n) is 3.30. The number of para-hydroxylation sites is 2. The third-order valence-electron chi connectivity index (χ3n) is 4.77. The zero-order valence-electron chi connectivity index (χ0n) is 17.6. The minimum Gasteiger partial charge on any atom is -0.493 e. The second-order valence-corrected chi connectivity index (χ2v) is 6.71. The number of benzene rings is 2. The molecule has 0 saturated heterocycles. The number of H-pyrrole nitrogens is 1. The van der Waals surface area contributed by atoms with Crippen LogP contribution in [-0.2, 0) is 0 Å². The average molecular weight is 450 g/mol. The zero-order valence-corrected chi connectivity index (χ0v) is 17.6. The van der Waals surface area contributed by atoms with Crippen LogP contribution in [0.25, 0.3) is 16.7 Å². The van der Waals surface area contributed by atoms with Crippen LogP contribution in [0.3, 0.4) is 0 Å². The quantitative estimate of drug-likeness (QED) is 0.322. The monoisotopic (exact) mass is 450 g/mol. The molecule has 0 fully saturated rings. The van der Waals surface area contributed by atoms with Crippen LogP contribution in [0.2, 0.25) is 0 Å². The summed E-state index contributed by atoms with van der Waals surface area (Å²) in [4.78, 5) is 42.7. The summed E-state index contributed by atoms with van der Waals surface area (Å²) in [6, 6.07) is 9.07. The van der Waals surface area contributed by atoms with Gasteiger partial charge in [-0.1, -0.05) is 12.1 Å². The third kappa shape index (κ3) is 3.96. The van der Waals surface area contributed by atoms with Gasteiger partial charge in [-0.15, -0.1) is 0 Å². The van der Waals surface area contributed by atoms with Crippen molar-refractivity contribution in [1.82, 2.24) is 19.7 Å². The first-order chi connectivity index (χ1) is 15.9. The van der Waals surface area contributed by atoms with Gasteiger partial charge in [-0.2, -0.15) is 5.10 Å². The molecule has 2 aromatic carbocycles. The van der Waals surface area contributed by atoms with Crippen LogP contribution in [0.4, 0.5) is 11.4 Å². The molecular weight excluding hydrogens is 432 g/mol. The Labute approximate surface area is 185 Å². The SMILES string of the molecule is CCOc1cc(C(=O)Nc2ccccc2-n2ncc3c(=O)[nH]cnc32)c([N+](=O)[O-])cc1OC. The van der Waals surface area contributed by atoms with E-state index in [1.807, 2.05) is 0 Å². The predicted molar refractivity (Wildman–Crippen MR) is 118 cm³/mol. The zero-order chi connectivity index (χ0) is 23.5. The molecule has 2 aromatic heterocycles. The van der Waals surface area contributed by atoms with Gasteiger partial charge in [0.05, 0.1) is 48.6 Å². The van der Waals surface area contributed by atoms with E-state index in [4.69, 9.17) is 9.47 Å². The summed E-state index contributed by atoms with van der Waals surface area (Å²) in [5, 5.41) is 18.8. The molecule has 0 aliphatic rings. The predicted octanol–water partition coefficient (Wildman–Crippen LogP) is 2.68. The highest BCUT2D eigenvalue weighted by molar-refractivity contribution is 6.08. The Morgan fingerprint density at radius 3 is 2.79 bits per heavy atom. The lowest BCUT2D eigenvalue weighted by molar-refractivity contribution is -0.385. The molecule has 0 bridgehead atoms. The maximum absolute atomic E-state index is 13.1. The average Bonchev–Trinajstić information content (AvgIpc) is 3.24. The van der Waals surface area contributed by atoms with Crippen molar-refractivity contribution in [3.63, 3.8) is 0 Å². The number of aromatic amines is 1. The van der Waals surface area contributed by atoms with Crippen LogP contribution in [0.1, 0.15) is 17.3 Å². The molecule has 0 saturated carbocycles. The summed E-state index contributed by atoms with van der Waals surface area (Å²) in [5.74, 6) is -0.398. The molecule has 2 heterocycles. The van der Waals surface area contributed by atoms with Crippen molar-refractivity contribution in [2.45, 2.75) is 6.92 Å². The van der Waals surface area contributed by atoms with E-state index in [0.29, 0.717) is 11.4 Å². The van der Waals surface area contributed by atoms with E-state index in [0.717, 1.165) is 6.07 Å². The van der Waals surface area contributed by atoms with Gasteiger partial charge in [-0.25, -0.2) is 9.67 Å². The van der Waals surface area contributed by atoms with E-state index in [2.05, 4.69) is 20.4 Å². The smallest absolute Gasteiger partial charge is 0.286 e. The van der Waals surface area contributed by atoms with Crippen molar-refractivity contribution in [3.05, 3.63) is 75.0 Å². The normalized spacial score (nSPS) is 10.7. The van der Waals surface area contributed by atoms with Gasteiger partial charge in [0, 0.05) is 6.07 Å². The van der Waals surface area contributed by atoms with Gasteiger partial charge >= 0.3 is 0 Å². The van der Waals surface area contributed by atoms with E-state index in [1.54, 1.807) is 31.2 Å². The summed E-state index contributed by atoms with van der Waals surface area (Å²) in [6.45, 7) is 2.01. The molecular formula is C21H18N6O6. The maximum Gasteiger partial charge on any atom is 0.286 e. The number of anilines is 1. The first-order valence-electron chi connectivity index (χ1n) is 9.76. The second kappa shape index (κ2) is 8.78. The van der Waals surface area contributed by atoms with E-state index in [1.165, 1.54) is 30.4 Å². The second-order valence-electron chi connectivity index (χ2n) is 6.71. The number of nitrogens with zero attached hydrogens (tertiary/aromatic N) is 4. The molecule has 0 radical (unpaired) electrons. The summed E-state index contributed by atoms with van der Waals surface area (Å²) in [5.41, 5.74) is -0.000592. The molecule has 168 valence electrons. The topological polar surface area (TPSA) is 154 Å². The molecule has 0 aliphatic carbocycles. The number of hydrogen-bond donors (Lipinski definition) is 2. The number of nitro groups is 1. The van der Waals surface area contributed by atoms with Gasteiger partial charge < -0.3 is 19.8 Å². The molecule has 2 N–H and O–H groups in total. The van der Waals surface area contributed by atoms with E-state index < -0.39 is 16.5 Å². The van der Waals surface area contributed by atoms with Crippen LogP contribution in [-0.4, -0.2) is 44.3 Å². The van der Waals surface area contributed by atoms with Crippen molar-refractivity contribution < 1.29 is 19.2 Å². The fourth-order valence-corrected chi connectivity index (χ4v) is 3.30. The first-order valence-corrected chi connectivity index (χ1v) is 9.76. The number of methoxy groups -OCH3 is 1. The Bertz CT molecular complexity index is 1430. The highest BCUT2D eigenvalue weighted by Crippen LogP contribution is 2.35. The molecule has 33 heavy (non-hydrogen) atoms. The first kappa shape index (κ1) is 21.5.